The Kier molecular flexibility index (Phi) is 6.29. The van der Waals surface area contributed by atoms with Crippen molar-refractivity contribution in [1.82, 2.24) is 15.8 Å². The lowest BCUT2D eigenvalue weighted by molar-refractivity contribution is -0.118. The number of ether oxygens (including phenoxy) is 1. The second kappa shape index (κ2) is 9.06. The highest BCUT2D eigenvalue weighted by Crippen LogP contribution is 2.23. The van der Waals surface area contributed by atoms with Gasteiger partial charge in [0.05, 0.1) is 10.2 Å². The van der Waals surface area contributed by atoms with Gasteiger partial charge in [-0.3, -0.25) is 15.5 Å². The summed E-state index contributed by atoms with van der Waals surface area (Å²) in [5, 5.41) is 19.0. The number of hydrogen-bond acceptors (Lipinski definition) is 7. The average Bonchev–Trinajstić information content (AvgIpc) is 3.16. The summed E-state index contributed by atoms with van der Waals surface area (Å²) in [6.45, 7) is -0.278. The molecular formula is C17H13BrFN5O4. The van der Waals surface area contributed by atoms with Crippen molar-refractivity contribution in [3.8, 4) is 5.75 Å². The number of aliphatic imine (C=N–C) groups is 1. The van der Waals surface area contributed by atoms with Crippen LogP contribution in [0.2, 0.25) is 0 Å². The SMILES string of the molecule is O=C(COc1ccccc1)Nc1nonc1C(=Nc1ccc(F)c(Br)c1)NO. The Morgan fingerprint density at radius 2 is 2.04 bits per heavy atom. The first-order valence-electron chi connectivity index (χ1n) is 7.81. The smallest absolute Gasteiger partial charge is 0.263 e. The zero-order chi connectivity index (χ0) is 19.9. The summed E-state index contributed by atoms with van der Waals surface area (Å²) < 4.78 is 23.5. The van der Waals surface area contributed by atoms with E-state index in [1.807, 2.05) is 11.5 Å². The second-order valence-corrected chi connectivity index (χ2v) is 6.14. The Morgan fingerprint density at radius 3 is 2.75 bits per heavy atom. The fourth-order valence-electron chi connectivity index (χ4n) is 2.07. The number of anilines is 1. The van der Waals surface area contributed by atoms with Gasteiger partial charge < -0.3 is 10.1 Å². The lowest BCUT2D eigenvalue weighted by atomic mass is 10.3. The van der Waals surface area contributed by atoms with Gasteiger partial charge in [0.15, 0.2) is 18.1 Å². The summed E-state index contributed by atoms with van der Waals surface area (Å²) in [7, 11) is 0. The number of para-hydroxylation sites is 1. The largest absolute Gasteiger partial charge is 0.484 e. The molecule has 11 heteroatoms. The standard InChI is InChI=1S/C17H13BrFN5O4/c18-12-8-10(6-7-13(12)19)20-16(22-26)15-17(24-28-23-15)21-14(25)9-27-11-4-2-1-3-5-11/h1-8,26H,9H2,(H,20,22)(H,21,24,25). The van der Waals surface area contributed by atoms with Gasteiger partial charge in [0.1, 0.15) is 11.6 Å². The molecule has 3 N–H and O–H groups in total. The molecule has 1 amide bonds. The van der Waals surface area contributed by atoms with Crippen molar-refractivity contribution < 1.29 is 23.8 Å². The Morgan fingerprint density at radius 1 is 1.25 bits per heavy atom. The van der Waals surface area contributed by atoms with E-state index in [1.54, 1.807) is 24.3 Å². The number of benzene rings is 2. The number of amides is 1. The zero-order valence-electron chi connectivity index (χ0n) is 14.1. The van der Waals surface area contributed by atoms with E-state index in [2.05, 4.69) is 41.2 Å². The Bertz CT molecular complexity index is 996. The van der Waals surface area contributed by atoms with Crippen LogP contribution in [0.4, 0.5) is 15.9 Å². The van der Waals surface area contributed by atoms with Crippen molar-refractivity contribution in [3.05, 3.63) is 64.5 Å². The molecule has 28 heavy (non-hydrogen) atoms. The van der Waals surface area contributed by atoms with Crippen molar-refractivity contribution >= 4 is 39.2 Å². The topological polar surface area (TPSA) is 122 Å². The van der Waals surface area contributed by atoms with Gasteiger partial charge in [0.25, 0.3) is 5.91 Å². The van der Waals surface area contributed by atoms with Crippen LogP contribution in [0.5, 0.6) is 5.75 Å². The van der Waals surface area contributed by atoms with Gasteiger partial charge in [0.2, 0.25) is 5.82 Å². The molecule has 0 saturated carbocycles. The van der Waals surface area contributed by atoms with E-state index in [4.69, 9.17) is 4.74 Å². The third-order valence-electron chi connectivity index (χ3n) is 3.33. The Balaban J connectivity index is 1.73. The number of carbonyl (C=O) groups is 1. The molecule has 0 bridgehead atoms. The van der Waals surface area contributed by atoms with Gasteiger partial charge in [-0.25, -0.2) is 14.0 Å². The second-order valence-electron chi connectivity index (χ2n) is 5.28. The Labute approximate surface area is 166 Å². The molecule has 0 saturated heterocycles. The lowest BCUT2D eigenvalue weighted by Gasteiger charge is -2.07. The summed E-state index contributed by atoms with van der Waals surface area (Å²) in [4.78, 5) is 16.2. The highest BCUT2D eigenvalue weighted by molar-refractivity contribution is 9.10. The number of aromatic nitrogens is 2. The van der Waals surface area contributed by atoms with Crippen LogP contribution in [0.15, 0.2) is 62.6 Å². The number of rotatable bonds is 6. The highest BCUT2D eigenvalue weighted by atomic mass is 79.9. The number of nitrogens with one attached hydrogen (secondary N) is 2. The number of carbonyl (C=O) groups excluding carboxylic acids is 1. The highest BCUT2D eigenvalue weighted by Gasteiger charge is 2.19. The van der Waals surface area contributed by atoms with Crippen LogP contribution in [-0.2, 0) is 4.79 Å². The van der Waals surface area contributed by atoms with E-state index in [0.717, 1.165) is 0 Å². The van der Waals surface area contributed by atoms with Crippen LogP contribution in [0, 0.1) is 5.82 Å². The molecule has 9 nitrogen and oxygen atoms in total. The fraction of sp³-hybridized carbons (Fsp3) is 0.0588. The Hall–Kier alpha value is -3.31. The maximum absolute atomic E-state index is 13.3. The molecule has 144 valence electrons. The van der Waals surface area contributed by atoms with Crippen molar-refractivity contribution in [2.75, 3.05) is 11.9 Å². The van der Waals surface area contributed by atoms with Crippen LogP contribution in [0.1, 0.15) is 5.69 Å². The molecule has 3 aromatic rings. The van der Waals surface area contributed by atoms with E-state index >= 15 is 0 Å². The maximum Gasteiger partial charge on any atom is 0.263 e. The molecule has 1 aromatic heterocycles. The summed E-state index contributed by atoms with van der Waals surface area (Å²) >= 11 is 3.05. The molecule has 3 rings (SSSR count). The monoisotopic (exact) mass is 449 g/mol. The van der Waals surface area contributed by atoms with E-state index in [0.29, 0.717) is 11.4 Å². The van der Waals surface area contributed by atoms with Crippen LogP contribution in [0.25, 0.3) is 0 Å². The summed E-state index contributed by atoms with van der Waals surface area (Å²) in [5.74, 6) is -0.714. The molecule has 0 atom stereocenters. The molecule has 1 heterocycles. The number of hydroxylamine groups is 1. The zero-order valence-corrected chi connectivity index (χ0v) is 15.7. The molecule has 0 aliphatic heterocycles. The van der Waals surface area contributed by atoms with Crippen LogP contribution in [-0.4, -0.2) is 33.9 Å². The molecule has 2 aromatic carbocycles. The molecule has 0 aliphatic rings. The van der Waals surface area contributed by atoms with Crippen molar-refractivity contribution in [3.63, 3.8) is 0 Å². The predicted octanol–water partition coefficient (Wildman–Crippen LogP) is 3.05. The number of halogens is 2. The number of hydrogen-bond donors (Lipinski definition) is 3. The van der Waals surface area contributed by atoms with Crippen LogP contribution >= 0.6 is 15.9 Å². The van der Waals surface area contributed by atoms with Gasteiger partial charge in [-0.05, 0) is 56.6 Å². The first kappa shape index (κ1) is 19.5. The third-order valence-corrected chi connectivity index (χ3v) is 3.94. The van der Waals surface area contributed by atoms with E-state index in [9.17, 15) is 14.4 Å². The van der Waals surface area contributed by atoms with Crippen LogP contribution < -0.4 is 15.5 Å². The van der Waals surface area contributed by atoms with Gasteiger partial charge in [-0.15, -0.1) is 0 Å². The fourth-order valence-corrected chi connectivity index (χ4v) is 2.44. The minimum atomic E-state index is -0.525. The number of amidine groups is 1. The average molecular weight is 450 g/mol. The van der Waals surface area contributed by atoms with Crippen molar-refractivity contribution in [2.24, 2.45) is 4.99 Å². The van der Waals surface area contributed by atoms with Gasteiger partial charge in [0, 0.05) is 0 Å². The summed E-state index contributed by atoms with van der Waals surface area (Å²) in [5.41, 5.74) is 2.10. The quantitative estimate of drug-likeness (QED) is 0.300. The molecule has 0 radical (unpaired) electrons. The van der Waals surface area contributed by atoms with Crippen molar-refractivity contribution in [2.45, 2.75) is 0 Å². The summed E-state index contributed by atoms with van der Waals surface area (Å²) in [6.07, 6.45) is 0. The van der Waals surface area contributed by atoms with Gasteiger partial charge in [-0.2, -0.15) is 0 Å². The maximum atomic E-state index is 13.3. The van der Waals surface area contributed by atoms with E-state index in [1.165, 1.54) is 18.2 Å². The van der Waals surface area contributed by atoms with Crippen LogP contribution in [0.3, 0.4) is 0 Å². The molecule has 0 spiro atoms. The van der Waals surface area contributed by atoms with Gasteiger partial charge >= 0.3 is 0 Å². The van der Waals surface area contributed by atoms with Crippen molar-refractivity contribution in [1.29, 1.82) is 0 Å². The minimum absolute atomic E-state index is 0.0593. The first-order valence-corrected chi connectivity index (χ1v) is 8.60. The van der Waals surface area contributed by atoms with Gasteiger partial charge in [-0.1, -0.05) is 18.2 Å². The molecular weight excluding hydrogens is 437 g/mol. The molecule has 0 fully saturated rings. The normalized spacial score (nSPS) is 11.2. The third kappa shape index (κ3) is 4.90. The first-order chi connectivity index (χ1) is 13.6. The lowest BCUT2D eigenvalue weighted by Crippen LogP contribution is -2.25. The van der Waals surface area contributed by atoms with E-state index in [-0.39, 0.29) is 28.4 Å². The molecule has 0 unspecified atom stereocenters. The van der Waals surface area contributed by atoms with E-state index < -0.39 is 11.7 Å². The summed E-state index contributed by atoms with van der Waals surface area (Å²) in [6, 6.07) is 12.8. The minimum Gasteiger partial charge on any atom is -0.484 e. The molecule has 0 aliphatic carbocycles. The number of nitrogens with zero attached hydrogens (tertiary/aromatic N) is 3. The predicted molar refractivity (Wildman–Crippen MR) is 100 cm³/mol.